The van der Waals surface area contributed by atoms with E-state index in [0.29, 0.717) is 12.5 Å². The van der Waals surface area contributed by atoms with E-state index in [1.807, 2.05) is 0 Å². The van der Waals surface area contributed by atoms with Crippen molar-refractivity contribution in [2.75, 3.05) is 6.61 Å². The van der Waals surface area contributed by atoms with Crippen molar-refractivity contribution in [2.45, 2.75) is 51.6 Å². The van der Waals surface area contributed by atoms with Crippen molar-refractivity contribution in [1.29, 1.82) is 0 Å². The van der Waals surface area contributed by atoms with Crippen LogP contribution in [0.1, 0.15) is 55.6 Å². The van der Waals surface area contributed by atoms with Gasteiger partial charge in [-0.3, -0.25) is 0 Å². The maximum absolute atomic E-state index is 5.45. The molecule has 3 nitrogen and oxygen atoms in total. The largest absolute Gasteiger partial charge is 0.376 e. The second-order valence-electron chi connectivity index (χ2n) is 5.47. The van der Waals surface area contributed by atoms with E-state index in [9.17, 15) is 0 Å². The van der Waals surface area contributed by atoms with Crippen molar-refractivity contribution in [2.24, 2.45) is 5.92 Å². The summed E-state index contributed by atoms with van der Waals surface area (Å²) in [7, 11) is 0. The Morgan fingerprint density at radius 1 is 1.44 bits per heavy atom. The Balaban J connectivity index is 1.89. The van der Waals surface area contributed by atoms with Gasteiger partial charge in [0, 0.05) is 23.6 Å². The minimum Gasteiger partial charge on any atom is -0.376 e. The predicted octanol–water partition coefficient (Wildman–Crippen LogP) is 3.51. The molecule has 0 saturated heterocycles. The average Bonchev–Trinajstić information content (AvgIpc) is 2.87. The normalized spacial score (nSPS) is 27.2. The Morgan fingerprint density at radius 2 is 2.33 bits per heavy atom. The summed E-state index contributed by atoms with van der Waals surface area (Å²) in [5.74, 6) is 2.58. The minimum atomic E-state index is 0.588. The van der Waals surface area contributed by atoms with E-state index in [4.69, 9.17) is 17.0 Å². The van der Waals surface area contributed by atoms with Gasteiger partial charge in [0.15, 0.2) is 0 Å². The number of aromatic amines is 1. The molecule has 1 aliphatic heterocycles. The maximum Gasteiger partial charge on any atom is 0.135 e. The van der Waals surface area contributed by atoms with Crippen LogP contribution in [-0.4, -0.2) is 16.6 Å². The Morgan fingerprint density at radius 3 is 3.11 bits per heavy atom. The fourth-order valence-corrected chi connectivity index (χ4v) is 3.44. The van der Waals surface area contributed by atoms with Crippen molar-refractivity contribution in [3.63, 3.8) is 0 Å². The molecule has 2 atom stereocenters. The predicted molar refractivity (Wildman–Crippen MR) is 73.2 cm³/mol. The molecule has 0 amide bonds. The van der Waals surface area contributed by atoms with Crippen LogP contribution in [0.25, 0.3) is 0 Å². The highest BCUT2D eigenvalue weighted by molar-refractivity contribution is 7.71. The molecule has 1 saturated carbocycles. The van der Waals surface area contributed by atoms with Crippen LogP contribution in [0, 0.1) is 10.6 Å². The van der Waals surface area contributed by atoms with E-state index in [2.05, 4.69) is 16.9 Å². The number of hydrogen-bond donors (Lipinski definition) is 1. The van der Waals surface area contributed by atoms with Crippen molar-refractivity contribution < 1.29 is 4.74 Å². The van der Waals surface area contributed by atoms with Crippen LogP contribution in [0.2, 0.25) is 0 Å². The van der Waals surface area contributed by atoms with Gasteiger partial charge in [0.05, 0.1) is 13.2 Å². The molecule has 3 rings (SSSR count). The van der Waals surface area contributed by atoms with Crippen LogP contribution in [0.3, 0.4) is 0 Å². The number of nitrogens with one attached hydrogen (secondary N) is 1. The van der Waals surface area contributed by atoms with Crippen LogP contribution < -0.4 is 0 Å². The molecule has 1 aromatic rings. The Labute approximate surface area is 113 Å². The zero-order valence-electron chi connectivity index (χ0n) is 10.9. The van der Waals surface area contributed by atoms with Crippen LogP contribution in [-0.2, 0) is 17.8 Å². The first-order valence-electron chi connectivity index (χ1n) is 6.97. The quantitative estimate of drug-likeness (QED) is 0.831. The molecule has 2 heterocycles. The molecule has 0 bridgehead atoms. The molecule has 1 aliphatic carbocycles. The summed E-state index contributed by atoms with van der Waals surface area (Å²) >= 11 is 5.41. The van der Waals surface area contributed by atoms with E-state index in [0.717, 1.165) is 35.0 Å². The summed E-state index contributed by atoms with van der Waals surface area (Å²) in [5.41, 5.74) is 2.36. The smallest absolute Gasteiger partial charge is 0.135 e. The van der Waals surface area contributed by atoms with Gasteiger partial charge in [0.25, 0.3) is 0 Å². The van der Waals surface area contributed by atoms with Crippen LogP contribution in [0.15, 0.2) is 0 Å². The summed E-state index contributed by atoms with van der Waals surface area (Å²) in [6.45, 7) is 3.71. The first-order valence-corrected chi connectivity index (χ1v) is 7.38. The van der Waals surface area contributed by atoms with Crippen LogP contribution in [0.5, 0.6) is 0 Å². The van der Waals surface area contributed by atoms with Crippen molar-refractivity contribution in [3.05, 3.63) is 21.7 Å². The third-order valence-corrected chi connectivity index (χ3v) is 4.71. The number of H-pyrrole nitrogens is 1. The number of aromatic nitrogens is 2. The molecule has 0 aromatic carbocycles. The van der Waals surface area contributed by atoms with Gasteiger partial charge in [-0.2, -0.15) is 0 Å². The second kappa shape index (κ2) is 5.10. The number of fused-ring (bicyclic) bond motifs is 1. The molecule has 1 aromatic heterocycles. The van der Waals surface area contributed by atoms with Crippen molar-refractivity contribution in [3.8, 4) is 0 Å². The third kappa shape index (κ3) is 2.24. The van der Waals surface area contributed by atoms with Crippen LogP contribution >= 0.6 is 12.2 Å². The summed E-state index contributed by atoms with van der Waals surface area (Å²) in [5, 5.41) is 0. The summed E-state index contributed by atoms with van der Waals surface area (Å²) in [6, 6.07) is 0. The monoisotopic (exact) mass is 264 g/mol. The number of ether oxygens (including phenoxy) is 1. The van der Waals surface area contributed by atoms with Gasteiger partial charge in [-0.15, -0.1) is 0 Å². The van der Waals surface area contributed by atoms with E-state index < -0.39 is 0 Å². The fourth-order valence-electron chi connectivity index (χ4n) is 3.16. The lowest BCUT2D eigenvalue weighted by molar-refractivity contribution is 0.108. The molecule has 2 unspecified atom stereocenters. The van der Waals surface area contributed by atoms with E-state index in [-0.39, 0.29) is 0 Å². The molecular weight excluding hydrogens is 244 g/mol. The zero-order valence-corrected chi connectivity index (χ0v) is 11.7. The van der Waals surface area contributed by atoms with Gasteiger partial charge >= 0.3 is 0 Å². The first kappa shape index (κ1) is 12.3. The van der Waals surface area contributed by atoms with Crippen molar-refractivity contribution >= 4 is 12.2 Å². The Bertz CT molecular complexity index is 497. The lowest BCUT2D eigenvalue weighted by Gasteiger charge is -2.19. The van der Waals surface area contributed by atoms with E-state index in [1.165, 1.54) is 31.4 Å². The van der Waals surface area contributed by atoms with E-state index >= 15 is 0 Å². The standard InChI is InChI=1S/C14H20N2OS/c1-2-9-3-4-10(7-9)13-15-12-5-6-17-8-11(12)14(18)16-13/h9-10H,2-8H2,1H3,(H,15,16,18). The number of nitrogens with zero attached hydrogens (tertiary/aromatic N) is 1. The number of hydrogen-bond acceptors (Lipinski definition) is 3. The molecule has 0 radical (unpaired) electrons. The van der Waals surface area contributed by atoms with Crippen LogP contribution in [0.4, 0.5) is 0 Å². The molecule has 1 N–H and O–H groups in total. The Kier molecular flexibility index (Phi) is 3.48. The average molecular weight is 264 g/mol. The molecule has 98 valence electrons. The SMILES string of the molecule is CCC1CCC(c2nc(=S)c3c([nH]2)CCOC3)C1. The van der Waals surface area contributed by atoms with E-state index in [1.54, 1.807) is 0 Å². The summed E-state index contributed by atoms with van der Waals surface area (Å²) < 4.78 is 6.20. The van der Waals surface area contributed by atoms with Gasteiger partial charge in [0.1, 0.15) is 10.5 Å². The molecule has 1 fully saturated rings. The number of rotatable bonds is 2. The lowest BCUT2D eigenvalue weighted by Crippen LogP contribution is -2.16. The lowest BCUT2D eigenvalue weighted by atomic mass is 10.0. The van der Waals surface area contributed by atoms with Gasteiger partial charge < -0.3 is 9.72 Å². The molecule has 18 heavy (non-hydrogen) atoms. The molecule has 2 aliphatic rings. The highest BCUT2D eigenvalue weighted by Crippen LogP contribution is 2.38. The molecule has 4 heteroatoms. The highest BCUT2D eigenvalue weighted by atomic mass is 32.1. The topological polar surface area (TPSA) is 37.9 Å². The van der Waals surface area contributed by atoms with Crippen molar-refractivity contribution in [1.82, 2.24) is 9.97 Å². The third-order valence-electron chi connectivity index (χ3n) is 4.37. The van der Waals surface area contributed by atoms with Gasteiger partial charge in [-0.1, -0.05) is 25.6 Å². The maximum atomic E-state index is 5.45. The molecular formula is C14H20N2OS. The second-order valence-corrected chi connectivity index (χ2v) is 5.86. The van der Waals surface area contributed by atoms with Gasteiger partial charge in [0.2, 0.25) is 0 Å². The highest BCUT2D eigenvalue weighted by Gasteiger charge is 2.27. The summed E-state index contributed by atoms with van der Waals surface area (Å²) in [4.78, 5) is 8.15. The van der Waals surface area contributed by atoms with Gasteiger partial charge in [-0.25, -0.2) is 4.98 Å². The summed E-state index contributed by atoms with van der Waals surface area (Å²) in [6.07, 6.45) is 6.09. The zero-order chi connectivity index (χ0) is 12.5. The molecule has 0 spiro atoms. The minimum absolute atomic E-state index is 0.588. The fraction of sp³-hybridized carbons (Fsp3) is 0.714. The first-order chi connectivity index (χ1) is 8.78. The Hall–Kier alpha value is -0.740. The van der Waals surface area contributed by atoms with Gasteiger partial charge in [-0.05, 0) is 25.2 Å².